The van der Waals surface area contributed by atoms with E-state index in [9.17, 15) is 9.36 Å². The molecule has 0 aromatic carbocycles. The van der Waals surface area contributed by atoms with Crippen molar-refractivity contribution in [1.82, 2.24) is 19.2 Å². The Hall–Kier alpha value is -1.73. The number of carbonyl (C=O) groups excluding carboxylic acids is 1. The van der Waals surface area contributed by atoms with E-state index in [1.807, 2.05) is 16.8 Å². The van der Waals surface area contributed by atoms with Crippen LogP contribution in [0.15, 0.2) is 12.3 Å². The van der Waals surface area contributed by atoms with Crippen LogP contribution in [0.5, 0.6) is 0 Å². The number of nitrogens with zero attached hydrogens (tertiary/aromatic N) is 4. The fraction of sp³-hybridized carbons (Fsp3) is 0.611. The van der Waals surface area contributed by atoms with Gasteiger partial charge in [-0.1, -0.05) is 11.8 Å². The van der Waals surface area contributed by atoms with Gasteiger partial charge in [-0.3, -0.25) is 13.8 Å². The molecule has 2 aromatic heterocycles. The van der Waals surface area contributed by atoms with Gasteiger partial charge in [-0.05, 0) is 20.2 Å². The first kappa shape index (κ1) is 24.9. The zero-order valence-electron chi connectivity index (χ0n) is 18.7. The molecule has 1 aliphatic rings. The van der Waals surface area contributed by atoms with E-state index in [-0.39, 0.29) is 24.9 Å². The average Bonchev–Trinajstić information content (AvgIpc) is 3.41. The Morgan fingerprint density at radius 3 is 2.78 bits per heavy atom. The predicted molar refractivity (Wildman–Crippen MR) is 123 cm³/mol. The van der Waals surface area contributed by atoms with Crippen molar-refractivity contribution in [3.63, 3.8) is 0 Å². The molecular formula is C18H29N6O6PS. The summed E-state index contributed by atoms with van der Waals surface area (Å²) >= 11 is 1.10. The minimum Gasteiger partial charge on any atom is -0.372 e. The van der Waals surface area contributed by atoms with E-state index >= 15 is 0 Å². The molecule has 12 nitrogen and oxygen atoms in total. The highest BCUT2D eigenvalue weighted by molar-refractivity contribution is 8.13. The molecule has 1 saturated heterocycles. The molecule has 1 fully saturated rings. The molecule has 32 heavy (non-hydrogen) atoms. The van der Waals surface area contributed by atoms with Crippen LogP contribution in [-0.4, -0.2) is 84.4 Å². The number of rotatable bonds is 11. The molecule has 178 valence electrons. The molecule has 1 aliphatic heterocycles. The number of nitrogens with one attached hydrogen (secondary N) is 2. The molecule has 0 aliphatic carbocycles. The molecule has 3 atom stereocenters. The first-order valence-electron chi connectivity index (χ1n) is 9.99. The van der Waals surface area contributed by atoms with Gasteiger partial charge in [0.25, 0.3) is 0 Å². The van der Waals surface area contributed by atoms with Crippen LogP contribution in [0.1, 0.15) is 13.2 Å². The number of aromatic nitrogens is 3. The summed E-state index contributed by atoms with van der Waals surface area (Å²) in [5.74, 6) is 1.57. The molecule has 2 N–H and O–H groups in total. The molecule has 0 bridgehead atoms. The van der Waals surface area contributed by atoms with Crippen molar-refractivity contribution in [2.75, 3.05) is 64.4 Å². The standard InChI is InChI=1S/C18H29N6O6PS/c1-12(25)32-9-8-28-31(26,23(4)5)29-11-15-27-10-14(30-15)24-7-6-13-16(19-2)21-18(20-3)22-17(13)24/h6-7,14-15H,8-11H2,1-5H3,(H2,19,20,21,22)/t14-,15-,31?/m1/s1. The summed E-state index contributed by atoms with van der Waals surface area (Å²) in [6.45, 7) is 1.78. The van der Waals surface area contributed by atoms with Crippen molar-refractivity contribution in [1.29, 1.82) is 0 Å². The number of thioether (sulfide) groups is 1. The lowest BCUT2D eigenvalue weighted by Crippen LogP contribution is -2.21. The summed E-state index contributed by atoms with van der Waals surface area (Å²) in [7, 11) is 3.21. The third-order valence-electron chi connectivity index (χ3n) is 4.58. The maximum absolute atomic E-state index is 13.0. The number of fused-ring (bicyclic) bond motifs is 1. The number of hydrogen-bond acceptors (Lipinski definition) is 11. The number of hydrogen-bond donors (Lipinski definition) is 2. The van der Waals surface area contributed by atoms with Gasteiger partial charge in [0.05, 0.1) is 18.6 Å². The van der Waals surface area contributed by atoms with Crippen LogP contribution < -0.4 is 10.6 Å². The second-order valence-electron chi connectivity index (χ2n) is 6.99. The van der Waals surface area contributed by atoms with Gasteiger partial charge in [0.1, 0.15) is 18.1 Å². The smallest absolute Gasteiger partial charge is 0.372 e. The van der Waals surface area contributed by atoms with Gasteiger partial charge in [0.2, 0.25) is 5.95 Å². The van der Waals surface area contributed by atoms with E-state index in [1.54, 1.807) is 28.2 Å². The van der Waals surface area contributed by atoms with Gasteiger partial charge < -0.3 is 24.7 Å². The maximum atomic E-state index is 13.0. The molecule has 0 radical (unpaired) electrons. The largest absolute Gasteiger partial charge is 0.407 e. The second kappa shape index (κ2) is 10.9. The third-order valence-corrected chi connectivity index (χ3v) is 7.32. The van der Waals surface area contributed by atoms with E-state index in [4.69, 9.17) is 18.5 Å². The molecule has 0 saturated carbocycles. The summed E-state index contributed by atoms with van der Waals surface area (Å²) in [6, 6.07) is 1.90. The second-order valence-corrected chi connectivity index (χ2v) is 10.5. The van der Waals surface area contributed by atoms with Gasteiger partial charge in [-0.15, -0.1) is 0 Å². The third kappa shape index (κ3) is 5.79. The van der Waals surface area contributed by atoms with Crippen LogP contribution in [0.4, 0.5) is 11.8 Å². The van der Waals surface area contributed by atoms with E-state index in [2.05, 4.69) is 20.6 Å². The van der Waals surface area contributed by atoms with Crippen LogP contribution in [0.25, 0.3) is 11.0 Å². The summed E-state index contributed by atoms with van der Waals surface area (Å²) in [4.78, 5) is 20.0. The monoisotopic (exact) mass is 488 g/mol. The summed E-state index contributed by atoms with van der Waals surface area (Å²) in [5.41, 5.74) is 0.689. The molecule has 0 amide bonds. The zero-order chi connectivity index (χ0) is 23.3. The molecule has 14 heteroatoms. The van der Waals surface area contributed by atoms with E-state index in [0.717, 1.165) is 17.1 Å². The first-order chi connectivity index (χ1) is 15.3. The number of carbonyl (C=O) groups is 1. The first-order valence-corrected chi connectivity index (χ1v) is 12.5. The van der Waals surface area contributed by atoms with Gasteiger partial charge >= 0.3 is 7.75 Å². The van der Waals surface area contributed by atoms with Crippen LogP contribution in [0.3, 0.4) is 0 Å². The number of anilines is 2. The Bertz CT molecular complexity index is 988. The molecule has 1 unspecified atom stereocenters. The summed E-state index contributed by atoms with van der Waals surface area (Å²) < 4.78 is 38.9. The van der Waals surface area contributed by atoms with Crippen molar-refractivity contribution < 1.29 is 27.9 Å². The van der Waals surface area contributed by atoms with Crippen molar-refractivity contribution in [3.8, 4) is 0 Å². The number of ether oxygens (including phenoxy) is 2. The fourth-order valence-corrected chi connectivity index (χ4v) is 4.75. The minimum absolute atomic E-state index is 0.0283. The van der Waals surface area contributed by atoms with Crippen LogP contribution in [-0.2, 0) is 27.9 Å². The summed E-state index contributed by atoms with van der Waals surface area (Å²) in [6.07, 6.45) is 0.699. The average molecular weight is 489 g/mol. The van der Waals surface area contributed by atoms with Gasteiger partial charge in [0.15, 0.2) is 17.6 Å². The van der Waals surface area contributed by atoms with Gasteiger partial charge in [-0.25, -0.2) is 9.24 Å². The van der Waals surface area contributed by atoms with Gasteiger partial charge in [-0.2, -0.15) is 9.97 Å². The zero-order valence-corrected chi connectivity index (χ0v) is 20.4. The lowest BCUT2D eigenvalue weighted by molar-refractivity contribution is -0.109. The lowest BCUT2D eigenvalue weighted by Gasteiger charge is -2.24. The predicted octanol–water partition coefficient (Wildman–Crippen LogP) is 2.37. The molecular weight excluding hydrogens is 459 g/mol. The Morgan fingerprint density at radius 2 is 2.12 bits per heavy atom. The van der Waals surface area contributed by atoms with E-state index in [1.165, 1.54) is 11.6 Å². The topological polar surface area (TPSA) is 129 Å². The molecule has 0 spiro atoms. The highest BCUT2D eigenvalue weighted by Crippen LogP contribution is 2.50. The normalized spacial score (nSPS) is 20.6. The molecule has 2 aromatic rings. The Morgan fingerprint density at radius 1 is 1.34 bits per heavy atom. The van der Waals surface area contributed by atoms with Crippen LogP contribution in [0.2, 0.25) is 0 Å². The quantitative estimate of drug-likeness (QED) is 0.356. The summed E-state index contributed by atoms with van der Waals surface area (Å²) in [5, 5.41) is 6.84. The van der Waals surface area contributed by atoms with E-state index in [0.29, 0.717) is 23.2 Å². The highest BCUT2D eigenvalue weighted by Gasteiger charge is 2.34. The van der Waals surface area contributed by atoms with Gasteiger partial charge in [0, 0.05) is 33.0 Å². The van der Waals surface area contributed by atoms with E-state index < -0.39 is 20.3 Å². The van der Waals surface area contributed by atoms with Crippen molar-refractivity contribution in [2.24, 2.45) is 0 Å². The maximum Gasteiger partial charge on any atom is 0.407 e. The lowest BCUT2D eigenvalue weighted by atomic mass is 10.4. The van der Waals surface area contributed by atoms with Crippen LogP contribution >= 0.6 is 19.5 Å². The van der Waals surface area contributed by atoms with Crippen molar-refractivity contribution >= 4 is 47.4 Å². The SMILES string of the molecule is CNc1nc(NC)c2ccn([C@H]3CO[C@@H](COP(=O)(OCCSC(C)=O)N(C)C)O3)c2n1. The fourth-order valence-electron chi connectivity index (χ4n) is 3.01. The Labute approximate surface area is 190 Å². The molecule has 3 heterocycles. The van der Waals surface area contributed by atoms with Crippen molar-refractivity contribution in [2.45, 2.75) is 19.4 Å². The molecule has 3 rings (SSSR count). The minimum atomic E-state index is -3.54. The van der Waals surface area contributed by atoms with Crippen molar-refractivity contribution in [3.05, 3.63) is 12.3 Å². The Kier molecular flexibility index (Phi) is 8.50. The Balaban J connectivity index is 1.63. The van der Waals surface area contributed by atoms with Crippen LogP contribution in [0, 0.1) is 0 Å². The highest BCUT2D eigenvalue weighted by atomic mass is 32.2.